The molecule has 2 aromatic rings. The molecule has 2 amide bonds. The Hall–Kier alpha value is -3.01. The average molecular weight is 389 g/mol. The van der Waals surface area contributed by atoms with E-state index in [9.17, 15) is 9.59 Å². The van der Waals surface area contributed by atoms with Gasteiger partial charge in [0, 0.05) is 18.5 Å². The molecule has 0 saturated heterocycles. The van der Waals surface area contributed by atoms with Crippen LogP contribution in [-0.4, -0.2) is 46.7 Å². The molecule has 3 rings (SSSR count). The summed E-state index contributed by atoms with van der Waals surface area (Å²) in [6, 6.07) is 6.11. The summed E-state index contributed by atoms with van der Waals surface area (Å²) in [6.07, 6.45) is 1.44. The number of thioether (sulfide) groups is 1. The molecule has 27 heavy (non-hydrogen) atoms. The van der Waals surface area contributed by atoms with Crippen LogP contribution in [0.4, 0.5) is 4.79 Å². The number of nitrogens with one attached hydrogen (secondary N) is 2. The van der Waals surface area contributed by atoms with Gasteiger partial charge in [0.05, 0.1) is 25.8 Å². The Morgan fingerprint density at radius 1 is 1.30 bits per heavy atom. The van der Waals surface area contributed by atoms with E-state index < -0.39 is 18.0 Å². The first-order valence-corrected chi connectivity index (χ1v) is 9.01. The van der Waals surface area contributed by atoms with Gasteiger partial charge in [-0.25, -0.2) is 19.3 Å². The molecule has 10 heteroatoms. The lowest BCUT2D eigenvalue weighted by molar-refractivity contribution is -0.136. The van der Waals surface area contributed by atoms with E-state index in [2.05, 4.69) is 20.7 Å². The second kappa shape index (κ2) is 8.12. The van der Waals surface area contributed by atoms with Crippen molar-refractivity contribution in [3.8, 4) is 5.75 Å². The van der Waals surface area contributed by atoms with Crippen molar-refractivity contribution in [3.05, 3.63) is 47.4 Å². The summed E-state index contributed by atoms with van der Waals surface area (Å²) >= 11 is 1.36. The number of methoxy groups -OCH3 is 2. The van der Waals surface area contributed by atoms with Crippen LogP contribution in [0.5, 0.6) is 5.75 Å². The van der Waals surface area contributed by atoms with Crippen molar-refractivity contribution < 1.29 is 19.1 Å². The SMILES string of the molecule is COC(=O)C1=C(CSc2ncnn2C)NC(=O)N[C@@H]1c1ccc(OC)cc1. The fourth-order valence-electron chi connectivity index (χ4n) is 2.68. The van der Waals surface area contributed by atoms with Gasteiger partial charge < -0.3 is 20.1 Å². The van der Waals surface area contributed by atoms with Gasteiger partial charge in [0.2, 0.25) is 0 Å². The second-order valence-electron chi connectivity index (χ2n) is 5.64. The first-order chi connectivity index (χ1) is 13.0. The number of rotatable bonds is 6. The highest BCUT2D eigenvalue weighted by Crippen LogP contribution is 2.30. The number of carbonyl (C=O) groups is 2. The van der Waals surface area contributed by atoms with Crippen molar-refractivity contribution >= 4 is 23.8 Å². The minimum atomic E-state index is -0.632. The Morgan fingerprint density at radius 3 is 2.63 bits per heavy atom. The number of esters is 1. The molecule has 1 aromatic heterocycles. The first kappa shape index (κ1) is 18.8. The summed E-state index contributed by atoms with van der Waals surface area (Å²) in [5.41, 5.74) is 1.56. The van der Waals surface area contributed by atoms with Crippen LogP contribution in [0.15, 0.2) is 47.0 Å². The molecule has 1 aliphatic rings. The van der Waals surface area contributed by atoms with E-state index in [0.29, 0.717) is 27.9 Å². The highest BCUT2D eigenvalue weighted by Gasteiger charge is 2.33. The van der Waals surface area contributed by atoms with E-state index in [1.54, 1.807) is 43.1 Å². The van der Waals surface area contributed by atoms with Crippen molar-refractivity contribution in [3.63, 3.8) is 0 Å². The maximum atomic E-state index is 12.5. The monoisotopic (exact) mass is 389 g/mol. The van der Waals surface area contributed by atoms with Gasteiger partial charge in [-0.3, -0.25) is 0 Å². The lowest BCUT2D eigenvalue weighted by Gasteiger charge is -2.29. The molecule has 2 N–H and O–H groups in total. The standard InChI is InChI=1S/C17H19N5O4S/c1-22-17(18-9-19-22)27-8-12-13(15(23)26-3)14(21-16(24)20-12)10-4-6-11(25-2)7-5-10/h4-7,9,14H,8H2,1-3H3,(H2,20,21,24)/t14-/m1/s1. The molecule has 0 radical (unpaired) electrons. The lowest BCUT2D eigenvalue weighted by atomic mass is 9.95. The molecular weight excluding hydrogens is 370 g/mol. The Kier molecular flexibility index (Phi) is 5.65. The van der Waals surface area contributed by atoms with Gasteiger partial charge >= 0.3 is 12.0 Å². The van der Waals surface area contributed by atoms with Gasteiger partial charge in [0.25, 0.3) is 0 Å². The molecule has 0 fully saturated rings. The summed E-state index contributed by atoms with van der Waals surface area (Å²) in [5.74, 6) is 0.495. The Morgan fingerprint density at radius 2 is 2.04 bits per heavy atom. The van der Waals surface area contributed by atoms with Crippen LogP contribution in [0.2, 0.25) is 0 Å². The van der Waals surface area contributed by atoms with Crippen LogP contribution in [0.1, 0.15) is 11.6 Å². The zero-order valence-corrected chi connectivity index (χ0v) is 15.9. The number of ether oxygens (including phenoxy) is 2. The van der Waals surface area contributed by atoms with Crippen LogP contribution < -0.4 is 15.4 Å². The summed E-state index contributed by atoms with van der Waals surface area (Å²) in [5, 5.41) is 10.2. The van der Waals surface area contributed by atoms with Crippen molar-refractivity contribution in [1.29, 1.82) is 0 Å². The summed E-state index contributed by atoms with van der Waals surface area (Å²) in [7, 11) is 4.65. The van der Waals surface area contributed by atoms with Gasteiger partial charge in [0.1, 0.15) is 12.1 Å². The van der Waals surface area contributed by atoms with Crippen molar-refractivity contribution in [1.82, 2.24) is 25.4 Å². The smallest absolute Gasteiger partial charge is 0.338 e. The number of urea groups is 1. The molecule has 0 unspecified atom stereocenters. The molecule has 1 atom stereocenters. The zero-order valence-electron chi connectivity index (χ0n) is 15.1. The number of amides is 2. The highest BCUT2D eigenvalue weighted by molar-refractivity contribution is 7.99. The molecule has 0 saturated carbocycles. The van der Waals surface area contributed by atoms with E-state index >= 15 is 0 Å². The molecule has 142 valence electrons. The van der Waals surface area contributed by atoms with Crippen LogP contribution >= 0.6 is 11.8 Å². The molecule has 9 nitrogen and oxygen atoms in total. The topological polar surface area (TPSA) is 107 Å². The number of hydrogen-bond acceptors (Lipinski definition) is 7. The predicted molar refractivity (Wildman–Crippen MR) is 98.2 cm³/mol. The maximum Gasteiger partial charge on any atom is 0.338 e. The molecule has 0 bridgehead atoms. The Balaban J connectivity index is 1.96. The largest absolute Gasteiger partial charge is 0.497 e. The van der Waals surface area contributed by atoms with E-state index in [0.717, 1.165) is 5.56 Å². The Labute approximate surface area is 160 Å². The van der Waals surface area contributed by atoms with Gasteiger partial charge in [-0.05, 0) is 17.7 Å². The first-order valence-electron chi connectivity index (χ1n) is 8.03. The fraction of sp³-hybridized carbons (Fsp3) is 0.294. The van der Waals surface area contributed by atoms with Crippen LogP contribution in [0.3, 0.4) is 0 Å². The van der Waals surface area contributed by atoms with E-state index in [4.69, 9.17) is 9.47 Å². The quantitative estimate of drug-likeness (QED) is 0.568. The molecule has 0 aliphatic carbocycles. The summed E-state index contributed by atoms with van der Waals surface area (Å²) in [4.78, 5) is 28.8. The summed E-state index contributed by atoms with van der Waals surface area (Å²) < 4.78 is 11.7. The lowest BCUT2D eigenvalue weighted by Crippen LogP contribution is -2.46. The third kappa shape index (κ3) is 4.05. The Bertz CT molecular complexity index is 878. The third-order valence-corrected chi connectivity index (χ3v) is 5.08. The highest BCUT2D eigenvalue weighted by atomic mass is 32.2. The summed E-state index contributed by atoms with van der Waals surface area (Å²) in [6.45, 7) is 0. The predicted octanol–water partition coefficient (Wildman–Crippen LogP) is 1.40. The number of aromatic nitrogens is 3. The third-order valence-electron chi connectivity index (χ3n) is 4.02. The number of hydrogen-bond donors (Lipinski definition) is 2. The molecule has 2 heterocycles. The van der Waals surface area contributed by atoms with Crippen LogP contribution in [0, 0.1) is 0 Å². The van der Waals surface area contributed by atoms with E-state index in [1.165, 1.54) is 25.2 Å². The van der Waals surface area contributed by atoms with Gasteiger partial charge in [-0.15, -0.1) is 0 Å². The molecule has 1 aliphatic heterocycles. The number of nitrogens with zero attached hydrogens (tertiary/aromatic N) is 3. The maximum absolute atomic E-state index is 12.5. The van der Waals surface area contributed by atoms with E-state index in [1.807, 2.05) is 0 Å². The number of aryl methyl sites for hydroxylation is 1. The van der Waals surface area contributed by atoms with Gasteiger partial charge in [0.15, 0.2) is 5.16 Å². The minimum Gasteiger partial charge on any atom is -0.497 e. The fourth-order valence-corrected chi connectivity index (χ4v) is 3.54. The molecule has 0 spiro atoms. The minimum absolute atomic E-state index is 0.330. The second-order valence-corrected chi connectivity index (χ2v) is 6.59. The normalized spacial score (nSPS) is 16.6. The van der Waals surface area contributed by atoms with Gasteiger partial charge in [-0.1, -0.05) is 23.9 Å². The number of benzene rings is 1. The number of carbonyl (C=O) groups excluding carboxylic acids is 2. The van der Waals surface area contributed by atoms with Crippen molar-refractivity contribution in [2.24, 2.45) is 7.05 Å². The molecule has 1 aromatic carbocycles. The van der Waals surface area contributed by atoms with Crippen LogP contribution in [0.25, 0.3) is 0 Å². The average Bonchev–Trinajstić information content (AvgIpc) is 3.10. The van der Waals surface area contributed by atoms with Gasteiger partial charge in [-0.2, -0.15) is 5.10 Å². The van der Waals surface area contributed by atoms with Crippen LogP contribution in [-0.2, 0) is 16.6 Å². The van der Waals surface area contributed by atoms with E-state index in [-0.39, 0.29) is 0 Å². The van der Waals surface area contributed by atoms with Crippen molar-refractivity contribution in [2.45, 2.75) is 11.2 Å². The molecular formula is C17H19N5O4S. The zero-order chi connectivity index (χ0) is 19.4. The van der Waals surface area contributed by atoms with Crippen molar-refractivity contribution in [2.75, 3.05) is 20.0 Å².